The van der Waals surface area contributed by atoms with Gasteiger partial charge in [0.2, 0.25) is 0 Å². The largest absolute Gasteiger partial charge is 0.497 e. The summed E-state index contributed by atoms with van der Waals surface area (Å²) in [6.07, 6.45) is 1.18. The molecule has 2 rings (SSSR count). The maximum Gasteiger partial charge on any atom is 0.127 e. The fourth-order valence-corrected chi connectivity index (χ4v) is 3.12. The second-order valence-corrected chi connectivity index (χ2v) is 6.35. The first-order valence-corrected chi connectivity index (χ1v) is 7.85. The number of rotatable bonds is 8. The Hall–Kier alpha value is -1.30. The van der Waals surface area contributed by atoms with Crippen LogP contribution in [-0.4, -0.2) is 57.0 Å². The van der Waals surface area contributed by atoms with Gasteiger partial charge in [-0.25, -0.2) is 0 Å². The van der Waals surface area contributed by atoms with E-state index >= 15 is 0 Å². The van der Waals surface area contributed by atoms with Crippen molar-refractivity contribution in [2.24, 2.45) is 5.41 Å². The number of aliphatic hydroxyl groups excluding tert-OH is 1. The molecule has 124 valence electrons. The van der Waals surface area contributed by atoms with Gasteiger partial charge in [0.05, 0.1) is 20.8 Å². The molecular weight excluding hydrogens is 280 g/mol. The monoisotopic (exact) mass is 308 g/mol. The summed E-state index contributed by atoms with van der Waals surface area (Å²) in [6.45, 7) is 7.00. The lowest BCUT2D eigenvalue weighted by atomic mass is 9.89. The minimum Gasteiger partial charge on any atom is -0.497 e. The molecular formula is C17H28N2O3. The zero-order valence-corrected chi connectivity index (χ0v) is 13.9. The van der Waals surface area contributed by atoms with Gasteiger partial charge in [-0.05, 0) is 24.4 Å². The van der Waals surface area contributed by atoms with Crippen molar-refractivity contribution in [2.75, 3.05) is 47.0 Å². The molecule has 5 nitrogen and oxygen atoms in total. The maximum absolute atomic E-state index is 9.37. The lowest BCUT2D eigenvalue weighted by molar-refractivity contribution is 0.136. The Kier molecular flexibility index (Phi) is 6.06. The summed E-state index contributed by atoms with van der Waals surface area (Å²) >= 11 is 0. The first kappa shape index (κ1) is 17.1. The van der Waals surface area contributed by atoms with Crippen LogP contribution in [0.2, 0.25) is 0 Å². The van der Waals surface area contributed by atoms with Gasteiger partial charge in [-0.3, -0.25) is 4.90 Å². The number of hydrogen-bond donors (Lipinski definition) is 2. The Balaban J connectivity index is 2.09. The summed E-state index contributed by atoms with van der Waals surface area (Å²) in [6, 6.07) is 5.90. The number of aliphatic hydroxyl groups is 1. The summed E-state index contributed by atoms with van der Waals surface area (Å²) in [5, 5.41) is 12.8. The van der Waals surface area contributed by atoms with Crippen molar-refractivity contribution in [3.63, 3.8) is 0 Å². The summed E-state index contributed by atoms with van der Waals surface area (Å²) < 4.78 is 10.7. The van der Waals surface area contributed by atoms with Gasteiger partial charge in [-0.1, -0.05) is 13.0 Å². The Bertz CT molecular complexity index is 473. The average Bonchev–Trinajstić information content (AvgIpc) is 2.94. The van der Waals surface area contributed by atoms with E-state index in [9.17, 15) is 5.11 Å². The SMILES string of the molecule is COc1ccc(CN(CCO)CC2(C)CCNC2)c(OC)c1. The number of nitrogens with zero attached hydrogens (tertiary/aromatic N) is 1. The fourth-order valence-electron chi connectivity index (χ4n) is 3.12. The highest BCUT2D eigenvalue weighted by atomic mass is 16.5. The minimum absolute atomic E-state index is 0.169. The van der Waals surface area contributed by atoms with Crippen LogP contribution < -0.4 is 14.8 Å². The van der Waals surface area contributed by atoms with Crippen LogP contribution in [0.15, 0.2) is 18.2 Å². The molecule has 0 amide bonds. The minimum atomic E-state index is 0.169. The molecule has 1 aromatic rings. The van der Waals surface area contributed by atoms with Gasteiger partial charge in [0.1, 0.15) is 11.5 Å². The van der Waals surface area contributed by atoms with Gasteiger partial charge in [-0.2, -0.15) is 0 Å². The van der Waals surface area contributed by atoms with E-state index in [1.165, 1.54) is 6.42 Å². The zero-order valence-electron chi connectivity index (χ0n) is 13.9. The summed E-state index contributed by atoms with van der Waals surface area (Å²) in [5.74, 6) is 1.62. The molecule has 1 atom stereocenters. The number of hydrogen-bond acceptors (Lipinski definition) is 5. The molecule has 1 aliphatic rings. The summed E-state index contributed by atoms with van der Waals surface area (Å²) in [5.41, 5.74) is 1.39. The molecule has 5 heteroatoms. The van der Waals surface area contributed by atoms with Gasteiger partial charge in [-0.15, -0.1) is 0 Å². The molecule has 22 heavy (non-hydrogen) atoms. The van der Waals surface area contributed by atoms with Gasteiger partial charge in [0, 0.05) is 37.8 Å². The van der Waals surface area contributed by atoms with Crippen LogP contribution in [0.5, 0.6) is 11.5 Å². The smallest absolute Gasteiger partial charge is 0.127 e. The van der Waals surface area contributed by atoms with Crippen LogP contribution in [0.1, 0.15) is 18.9 Å². The molecule has 1 fully saturated rings. The van der Waals surface area contributed by atoms with Crippen molar-refractivity contribution in [3.8, 4) is 11.5 Å². The van der Waals surface area contributed by atoms with E-state index in [4.69, 9.17) is 9.47 Å². The number of benzene rings is 1. The molecule has 0 radical (unpaired) electrons. The van der Waals surface area contributed by atoms with E-state index in [2.05, 4.69) is 17.1 Å². The van der Waals surface area contributed by atoms with E-state index in [-0.39, 0.29) is 12.0 Å². The van der Waals surface area contributed by atoms with Crippen LogP contribution in [0.25, 0.3) is 0 Å². The Labute approximate surface area is 133 Å². The highest BCUT2D eigenvalue weighted by molar-refractivity contribution is 5.40. The normalized spacial score (nSPS) is 21.3. The molecule has 2 N–H and O–H groups in total. The van der Waals surface area contributed by atoms with Crippen molar-refractivity contribution in [3.05, 3.63) is 23.8 Å². The van der Waals surface area contributed by atoms with Crippen LogP contribution >= 0.6 is 0 Å². The van der Waals surface area contributed by atoms with Gasteiger partial charge in [0.25, 0.3) is 0 Å². The second kappa shape index (κ2) is 7.81. The standard InChI is InChI=1S/C17H28N2O3/c1-17(6-7-18-12-17)13-19(8-9-20)11-14-4-5-15(21-2)10-16(14)22-3/h4-5,10,18,20H,6-9,11-13H2,1-3H3. The highest BCUT2D eigenvalue weighted by Crippen LogP contribution is 2.29. The van der Waals surface area contributed by atoms with Crippen molar-refractivity contribution in [1.29, 1.82) is 0 Å². The quantitative estimate of drug-likeness (QED) is 0.762. The highest BCUT2D eigenvalue weighted by Gasteiger charge is 2.30. The second-order valence-electron chi connectivity index (χ2n) is 6.35. The lowest BCUT2D eigenvalue weighted by Crippen LogP contribution is -2.38. The Morgan fingerprint density at radius 3 is 2.73 bits per heavy atom. The first-order valence-electron chi connectivity index (χ1n) is 7.85. The van der Waals surface area contributed by atoms with E-state index in [1.54, 1.807) is 14.2 Å². The van der Waals surface area contributed by atoms with Crippen LogP contribution in [0.4, 0.5) is 0 Å². The topological polar surface area (TPSA) is 54.0 Å². The number of ether oxygens (including phenoxy) is 2. The van der Waals surface area contributed by atoms with Crippen LogP contribution in [0, 0.1) is 5.41 Å². The molecule has 1 saturated heterocycles. The predicted octanol–water partition coefficient (Wildman–Crippen LogP) is 1.50. The Morgan fingerprint density at radius 1 is 1.32 bits per heavy atom. The molecule has 0 aliphatic carbocycles. The van der Waals surface area contributed by atoms with E-state index in [0.29, 0.717) is 6.54 Å². The van der Waals surface area contributed by atoms with Crippen molar-refractivity contribution in [1.82, 2.24) is 10.2 Å². The van der Waals surface area contributed by atoms with Gasteiger partial charge < -0.3 is 19.9 Å². The van der Waals surface area contributed by atoms with E-state index < -0.39 is 0 Å². The molecule has 0 bridgehead atoms. The number of nitrogens with one attached hydrogen (secondary N) is 1. The molecule has 1 aromatic carbocycles. The molecule has 0 saturated carbocycles. The van der Waals surface area contributed by atoms with Gasteiger partial charge in [0.15, 0.2) is 0 Å². The van der Waals surface area contributed by atoms with Crippen molar-refractivity contribution in [2.45, 2.75) is 19.9 Å². The predicted molar refractivity (Wildman–Crippen MR) is 87.5 cm³/mol. The fraction of sp³-hybridized carbons (Fsp3) is 0.647. The molecule has 0 aromatic heterocycles. The van der Waals surface area contributed by atoms with Gasteiger partial charge >= 0.3 is 0 Å². The maximum atomic E-state index is 9.37. The van der Waals surface area contributed by atoms with Crippen LogP contribution in [0.3, 0.4) is 0 Å². The first-order chi connectivity index (χ1) is 10.6. The zero-order chi connectivity index (χ0) is 16.0. The van der Waals surface area contributed by atoms with E-state index in [1.807, 2.05) is 18.2 Å². The molecule has 0 spiro atoms. The third kappa shape index (κ3) is 4.35. The average molecular weight is 308 g/mol. The Morgan fingerprint density at radius 2 is 2.14 bits per heavy atom. The molecule has 1 aliphatic heterocycles. The van der Waals surface area contributed by atoms with Crippen molar-refractivity contribution < 1.29 is 14.6 Å². The van der Waals surface area contributed by atoms with E-state index in [0.717, 1.165) is 43.2 Å². The third-order valence-electron chi connectivity index (χ3n) is 4.37. The third-order valence-corrected chi connectivity index (χ3v) is 4.37. The summed E-state index contributed by atoms with van der Waals surface area (Å²) in [7, 11) is 3.33. The van der Waals surface area contributed by atoms with Crippen LogP contribution in [-0.2, 0) is 6.54 Å². The number of methoxy groups -OCH3 is 2. The lowest BCUT2D eigenvalue weighted by Gasteiger charge is -2.32. The molecule has 1 heterocycles. The van der Waals surface area contributed by atoms with Crippen molar-refractivity contribution >= 4 is 0 Å². The molecule has 1 unspecified atom stereocenters. The summed E-state index contributed by atoms with van der Waals surface area (Å²) in [4.78, 5) is 2.30.